The van der Waals surface area contributed by atoms with Crippen molar-refractivity contribution in [3.8, 4) is 17.2 Å². The molecule has 0 bridgehead atoms. The van der Waals surface area contributed by atoms with Crippen molar-refractivity contribution in [2.45, 2.75) is 13.5 Å². The third kappa shape index (κ3) is 4.40. The summed E-state index contributed by atoms with van der Waals surface area (Å²) in [6.07, 6.45) is 5.08. The molecule has 1 amide bonds. The molecule has 0 aliphatic heterocycles. The Labute approximate surface area is 195 Å². The minimum Gasteiger partial charge on any atom is -0.493 e. The van der Waals surface area contributed by atoms with Crippen LogP contribution in [0.5, 0.6) is 17.2 Å². The minimum atomic E-state index is -0.414. The fourth-order valence-corrected chi connectivity index (χ4v) is 3.70. The number of aromatic nitrogens is 3. The number of rotatable bonds is 7. The highest BCUT2D eigenvalue weighted by molar-refractivity contribution is 6.07. The molecule has 0 spiro atoms. The molecular formula is C25H24N4O5. The lowest BCUT2D eigenvalue weighted by molar-refractivity contribution is 0.102. The molecule has 0 aliphatic rings. The third-order valence-electron chi connectivity index (χ3n) is 5.39. The summed E-state index contributed by atoms with van der Waals surface area (Å²) in [5.41, 5.74) is 2.41. The Morgan fingerprint density at radius 2 is 1.79 bits per heavy atom. The monoisotopic (exact) mass is 460 g/mol. The van der Waals surface area contributed by atoms with Gasteiger partial charge in [0.25, 0.3) is 11.5 Å². The van der Waals surface area contributed by atoms with E-state index in [4.69, 9.17) is 14.2 Å². The van der Waals surface area contributed by atoms with Crippen LogP contribution in [-0.4, -0.2) is 41.8 Å². The molecule has 4 rings (SSSR count). The smallest absolute Gasteiger partial charge is 0.260 e. The van der Waals surface area contributed by atoms with Crippen molar-refractivity contribution in [3.63, 3.8) is 0 Å². The van der Waals surface area contributed by atoms with E-state index in [-0.39, 0.29) is 11.1 Å². The number of benzene rings is 1. The number of hydrogen-bond donors (Lipinski definition) is 1. The fourth-order valence-electron chi connectivity index (χ4n) is 3.70. The highest BCUT2D eigenvalue weighted by atomic mass is 16.5. The SMILES string of the molecule is COc1cc(NC(=O)c2cc3c(=O)n(Cc4cccnc4)ccc3nc2C)cc(OC)c1OC. The van der Waals surface area contributed by atoms with Crippen molar-refractivity contribution in [3.05, 3.63) is 82.2 Å². The molecule has 3 heterocycles. The number of aryl methyl sites for hydroxylation is 1. The van der Waals surface area contributed by atoms with E-state index in [1.54, 1.807) is 54.3 Å². The van der Waals surface area contributed by atoms with Gasteiger partial charge in [-0.1, -0.05) is 6.07 Å². The molecule has 174 valence electrons. The number of carbonyl (C=O) groups is 1. The summed E-state index contributed by atoms with van der Waals surface area (Å²) in [5.74, 6) is 0.816. The van der Waals surface area contributed by atoms with Gasteiger partial charge in [0, 0.05) is 36.4 Å². The Morgan fingerprint density at radius 1 is 1.06 bits per heavy atom. The van der Waals surface area contributed by atoms with Gasteiger partial charge in [-0.3, -0.25) is 19.6 Å². The summed E-state index contributed by atoms with van der Waals surface area (Å²) in [6, 6.07) is 10.3. The van der Waals surface area contributed by atoms with Crippen molar-refractivity contribution in [2.24, 2.45) is 0 Å². The van der Waals surface area contributed by atoms with E-state index in [1.807, 2.05) is 12.1 Å². The molecule has 0 fully saturated rings. The van der Waals surface area contributed by atoms with Gasteiger partial charge in [-0.2, -0.15) is 0 Å². The van der Waals surface area contributed by atoms with Crippen LogP contribution in [0.4, 0.5) is 5.69 Å². The first-order valence-corrected chi connectivity index (χ1v) is 10.5. The molecule has 34 heavy (non-hydrogen) atoms. The number of methoxy groups -OCH3 is 3. The van der Waals surface area contributed by atoms with Crippen LogP contribution in [0, 0.1) is 6.92 Å². The number of carbonyl (C=O) groups excluding carboxylic acids is 1. The zero-order chi connectivity index (χ0) is 24.2. The first-order valence-electron chi connectivity index (χ1n) is 10.5. The molecular weight excluding hydrogens is 436 g/mol. The summed E-state index contributed by atoms with van der Waals surface area (Å²) >= 11 is 0. The summed E-state index contributed by atoms with van der Waals surface area (Å²) in [5, 5.41) is 3.18. The number of pyridine rings is 3. The van der Waals surface area contributed by atoms with Crippen LogP contribution in [-0.2, 0) is 6.54 Å². The van der Waals surface area contributed by atoms with Gasteiger partial charge in [-0.15, -0.1) is 0 Å². The third-order valence-corrected chi connectivity index (χ3v) is 5.39. The fraction of sp³-hybridized carbons (Fsp3) is 0.200. The van der Waals surface area contributed by atoms with Crippen LogP contribution < -0.4 is 25.1 Å². The Balaban J connectivity index is 1.70. The lowest BCUT2D eigenvalue weighted by atomic mass is 10.1. The summed E-state index contributed by atoms with van der Waals surface area (Å²) in [7, 11) is 4.50. The molecule has 0 saturated carbocycles. The lowest BCUT2D eigenvalue weighted by Crippen LogP contribution is -2.22. The van der Waals surface area contributed by atoms with Gasteiger partial charge < -0.3 is 24.1 Å². The van der Waals surface area contributed by atoms with Gasteiger partial charge >= 0.3 is 0 Å². The largest absolute Gasteiger partial charge is 0.493 e. The molecule has 3 aromatic heterocycles. The van der Waals surface area contributed by atoms with Crippen molar-refractivity contribution in [1.82, 2.24) is 14.5 Å². The zero-order valence-electron chi connectivity index (χ0n) is 19.3. The summed E-state index contributed by atoms with van der Waals surface area (Å²) in [6.45, 7) is 2.09. The number of ether oxygens (including phenoxy) is 3. The molecule has 0 aliphatic carbocycles. The standard InChI is InChI=1S/C25H24N4O5/c1-15-18(24(30)28-17-10-21(32-2)23(34-4)22(11-17)33-3)12-19-20(27-15)7-9-29(25(19)31)14-16-6-5-8-26-13-16/h5-13H,14H2,1-4H3,(H,28,30). The van der Waals surface area contributed by atoms with Gasteiger partial charge in [0.05, 0.1) is 50.0 Å². The van der Waals surface area contributed by atoms with Gasteiger partial charge in [0.2, 0.25) is 5.75 Å². The molecule has 4 aromatic rings. The van der Waals surface area contributed by atoms with Crippen LogP contribution in [0.25, 0.3) is 10.9 Å². The highest BCUT2D eigenvalue weighted by Crippen LogP contribution is 2.40. The normalized spacial score (nSPS) is 10.7. The van der Waals surface area contributed by atoms with Crippen molar-refractivity contribution in [1.29, 1.82) is 0 Å². The number of fused-ring (bicyclic) bond motifs is 1. The Kier molecular flexibility index (Phi) is 6.44. The van der Waals surface area contributed by atoms with Crippen LogP contribution >= 0.6 is 0 Å². The number of amides is 1. The van der Waals surface area contributed by atoms with Crippen LogP contribution in [0.15, 0.2) is 59.8 Å². The highest BCUT2D eigenvalue weighted by Gasteiger charge is 2.18. The maximum atomic E-state index is 13.1. The van der Waals surface area contributed by atoms with Gasteiger partial charge in [0.15, 0.2) is 11.5 Å². The summed E-state index contributed by atoms with van der Waals surface area (Å²) < 4.78 is 17.6. The van der Waals surface area contributed by atoms with Crippen LogP contribution in [0.3, 0.4) is 0 Å². The van der Waals surface area contributed by atoms with Crippen LogP contribution in [0.1, 0.15) is 21.6 Å². The minimum absolute atomic E-state index is 0.240. The van der Waals surface area contributed by atoms with E-state index in [0.717, 1.165) is 5.56 Å². The first-order chi connectivity index (χ1) is 16.4. The quantitative estimate of drug-likeness (QED) is 0.451. The van der Waals surface area contributed by atoms with E-state index >= 15 is 0 Å². The first kappa shape index (κ1) is 22.8. The average molecular weight is 460 g/mol. The van der Waals surface area contributed by atoms with E-state index in [2.05, 4.69) is 15.3 Å². The Bertz CT molecular complexity index is 1390. The molecule has 9 heteroatoms. The Morgan fingerprint density at radius 3 is 2.41 bits per heavy atom. The van der Waals surface area contributed by atoms with E-state index in [9.17, 15) is 9.59 Å². The lowest BCUT2D eigenvalue weighted by Gasteiger charge is -2.15. The maximum absolute atomic E-state index is 13.1. The second-order valence-electron chi connectivity index (χ2n) is 7.53. The molecule has 1 N–H and O–H groups in total. The molecule has 0 unspecified atom stereocenters. The molecule has 1 aromatic carbocycles. The van der Waals surface area contributed by atoms with Gasteiger partial charge in [0.1, 0.15) is 0 Å². The summed E-state index contributed by atoms with van der Waals surface area (Å²) in [4.78, 5) is 34.9. The zero-order valence-corrected chi connectivity index (χ0v) is 19.3. The van der Waals surface area contributed by atoms with Crippen molar-refractivity contribution in [2.75, 3.05) is 26.6 Å². The van der Waals surface area contributed by atoms with Crippen molar-refractivity contribution >= 4 is 22.5 Å². The molecule has 0 atom stereocenters. The van der Waals surface area contributed by atoms with Crippen LogP contribution in [0.2, 0.25) is 0 Å². The molecule has 9 nitrogen and oxygen atoms in total. The number of nitrogens with one attached hydrogen (secondary N) is 1. The number of nitrogens with zero attached hydrogens (tertiary/aromatic N) is 3. The Hall–Kier alpha value is -4.40. The second-order valence-corrected chi connectivity index (χ2v) is 7.53. The van der Waals surface area contributed by atoms with Crippen molar-refractivity contribution < 1.29 is 19.0 Å². The number of hydrogen-bond acceptors (Lipinski definition) is 7. The molecule has 0 saturated heterocycles. The van der Waals surface area contributed by atoms with E-state index in [1.165, 1.54) is 21.3 Å². The predicted molar refractivity (Wildman–Crippen MR) is 128 cm³/mol. The molecule has 0 radical (unpaired) electrons. The van der Waals surface area contributed by atoms with E-state index in [0.29, 0.717) is 46.1 Å². The van der Waals surface area contributed by atoms with E-state index < -0.39 is 5.91 Å². The average Bonchev–Trinajstić information content (AvgIpc) is 2.85. The van der Waals surface area contributed by atoms with Gasteiger partial charge in [-0.05, 0) is 30.7 Å². The second kappa shape index (κ2) is 9.62. The maximum Gasteiger partial charge on any atom is 0.260 e. The topological polar surface area (TPSA) is 105 Å². The number of anilines is 1. The van der Waals surface area contributed by atoms with Gasteiger partial charge in [-0.25, -0.2) is 0 Å². The predicted octanol–water partition coefficient (Wildman–Crippen LogP) is 3.43.